The first-order valence-corrected chi connectivity index (χ1v) is 10.2. The number of halogens is 1. The number of para-hydroxylation sites is 1. The summed E-state index contributed by atoms with van der Waals surface area (Å²) in [7, 11) is 1.80. The Bertz CT molecular complexity index is 837. The zero-order valence-corrected chi connectivity index (χ0v) is 19.3. The third-order valence-corrected chi connectivity index (χ3v) is 5.27. The number of hydrogen-bond acceptors (Lipinski definition) is 3. The number of nitrogens with zero attached hydrogens (tertiary/aromatic N) is 1. The quantitative estimate of drug-likeness (QED) is 0.323. The number of aliphatic imine (C=N–C) groups is 1. The molecular weight excluding hydrogens is 477 g/mol. The van der Waals surface area contributed by atoms with Crippen molar-refractivity contribution in [1.29, 1.82) is 0 Å². The molecule has 1 heterocycles. The van der Waals surface area contributed by atoms with Gasteiger partial charge in [-0.1, -0.05) is 30.3 Å². The Kier molecular flexibility index (Phi) is 8.03. The molecule has 156 valence electrons. The highest BCUT2D eigenvalue weighted by Crippen LogP contribution is 2.30. The molecule has 0 radical (unpaired) electrons. The average molecular weight is 507 g/mol. The normalized spacial score (nSPS) is 15.1. The molecule has 0 unspecified atom stereocenters. The maximum atomic E-state index is 5.99. The van der Waals surface area contributed by atoms with Crippen LogP contribution < -0.4 is 20.1 Å². The van der Waals surface area contributed by atoms with Gasteiger partial charge < -0.3 is 20.1 Å². The van der Waals surface area contributed by atoms with Gasteiger partial charge >= 0.3 is 0 Å². The van der Waals surface area contributed by atoms with E-state index >= 15 is 0 Å². The van der Waals surface area contributed by atoms with Crippen LogP contribution in [0.2, 0.25) is 0 Å². The fourth-order valence-corrected chi connectivity index (χ4v) is 3.40. The van der Waals surface area contributed by atoms with Crippen molar-refractivity contribution < 1.29 is 9.47 Å². The Labute approximate surface area is 190 Å². The lowest BCUT2D eigenvalue weighted by Crippen LogP contribution is -2.37. The van der Waals surface area contributed by atoms with Crippen LogP contribution in [0.3, 0.4) is 0 Å². The largest absolute Gasteiger partial charge is 0.493 e. The van der Waals surface area contributed by atoms with Gasteiger partial charge in [0.15, 0.2) is 5.96 Å². The minimum atomic E-state index is 0. The molecule has 1 fully saturated rings. The van der Waals surface area contributed by atoms with E-state index < -0.39 is 0 Å². The van der Waals surface area contributed by atoms with E-state index in [2.05, 4.69) is 46.0 Å². The zero-order valence-electron chi connectivity index (χ0n) is 16.9. The third kappa shape index (κ3) is 6.26. The summed E-state index contributed by atoms with van der Waals surface area (Å²) in [5.41, 5.74) is 3.80. The van der Waals surface area contributed by atoms with Gasteiger partial charge in [0.2, 0.25) is 0 Å². The third-order valence-electron chi connectivity index (χ3n) is 5.27. The van der Waals surface area contributed by atoms with Gasteiger partial charge in [0.1, 0.15) is 11.5 Å². The van der Waals surface area contributed by atoms with E-state index in [0.717, 1.165) is 61.5 Å². The number of guanidine groups is 1. The number of benzene rings is 2. The predicted octanol–water partition coefficient (Wildman–Crippen LogP) is 3.94. The maximum Gasteiger partial charge on any atom is 0.191 e. The molecule has 1 aliphatic heterocycles. The molecule has 0 atom stereocenters. The van der Waals surface area contributed by atoms with E-state index in [-0.39, 0.29) is 24.0 Å². The van der Waals surface area contributed by atoms with Crippen molar-refractivity contribution in [2.75, 3.05) is 26.8 Å². The van der Waals surface area contributed by atoms with Crippen LogP contribution in [0.4, 0.5) is 0 Å². The van der Waals surface area contributed by atoms with Crippen molar-refractivity contribution >= 4 is 29.9 Å². The monoisotopic (exact) mass is 507 g/mol. The summed E-state index contributed by atoms with van der Waals surface area (Å²) in [6.45, 7) is 3.16. The Morgan fingerprint density at radius 2 is 2.03 bits per heavy atom. The highest BCUT2D eigenvalue weighted by Gasteiger charge is 2.22. The molecule has 2 aromatic rings. The first-order valence-electron chi connectivity index (χ1n) is 10.2. The van der Waals surface area contributed by atoms with Gasteiger partial charge in [-0.2, -0.15) is 0 Å². The number of fused-ring (bicyclic) bond motifs is 1. The summed E-state index contributed by atoms with van der Waals surface area (Å²) in [5.74, 6) is 3.57. The first-order chi connectivity index (χ1) is 13.8. The molecule has 4 rings (SSSR count). The van der Waals surface area contributed by atoms with E-state index in [1.165, 1.54) is 24.0 Å². The lowest BCUT2D eigenvalue weighted by Gasteiger charge is -2.15. The minimum absolute atomic E-state index is 0. The molecule has 5 nitrogen and oxygen atoms in total. The summed E-state index contributed by atoms with van der Waals surface area (Å²) in [4.78, 5) is 4.34. The molecule has 2 aliphatic rings. The van der Waals surface area contributed by atoms with Crippen LogP contribution in [0.5, 0.6) is 11.5 Å². The van der Waals surface area contributed by atoms with Crippen molar-refractivity contribution in [3.63, 3.8) is 0 Å². The van der Waals surface area contributed by atoms with Crippen LogP contribution in [-0.4, -0.2) is 32.8 Å². The van der Waals surface area contributed by atoms with Gasteiger partial charge in [-0.05, 0) is 48.4 Å². The molecule has 0 aromatic heterocycles. The summed E-state index contributed by atoms with van der Waals surface area (Å²) in [5, 5.41) is 6.80. The van der Waals surface area contributed by atoms with E-state index in [4.69, 9.17) is 9.47 Å². The molecule has 0 spiro atoms. The van der Waals surface area contributed by atoms with Crippen LogP contribution in [0.15, 0.2) is 47.5 Å². The fourth-order valence-electron chi connectivity index (χ4n) is 3.40. The van der Waals surface area contributed by atoms with Crippen molar-refractivity contribution in [3.8, 4) is 11.5 Å². The van der Waals surface area contributed by atoms with Crippen molar-refractivity contribution in [1.82, 2.24) is 10.6 Å². The fraction of sp³-hybridized carbons (Fsp3) is 0.435. The topological polar surface area (TPSA) is 54.9 Å². The van der Waals surface area contributed by atoms with Gasteiger partial charge in [0.05, 0.1) is 13.2 Å². The van der Waals surface area contributed by atoms with Crippen molar-refractivity contribution in [3.05, 3.63) is 59.2 Å². The molecule has 2 aromatic carbocycles. The SMILES string of the molecule is CN=C(NCCc1ccc2c(c1)CCO2)NCc1ccccc1OCC1CC1.I. The lowest BCUT2D eigenvalue weighted by molar-refractivity contribution is 0.296. The van der Waals surface area contributed by atoms with E-state index in [1.54, 1.807) is 7.05 Å². The molecule has 0 saturated heterocycles. The van der Waals surface area contributed by atoms with E-state index in [0.29, 0.717) is 6.54 Å². The Balaban J connectivity index is 0.00000240. The van der Waals surface area contributed by atoms with Gasteiger partial charge in [-0.3, -0.25) is 4.99 Å². The van der Waals surface area contributed by atoms with Gasteiger partial charge in [0.25, 0.3) is 0 Å². The van der Waals surface area contributed by atoms with Crippen LogP contribution in [0, 0.1) is 5.92 Å². The Morgan fingerprint density at radius 1 is 1.17 bits per heavy atom. The molecule has 29 heavy (non-hydrogen) atoms. The summed E-state index contributed by atoms with van der Waals surface area (Å²) >= 11 is 0. The molecule has 2 N–H and O–H groups in total. The number of hydrogen-bond donors (Lipinski definition) is 2. The van der Waals surface area contributed by atoms with E-state index in [1.807, 2.05) is 12.1 Å². The standard InChI is InChI=1S/C23H29N3O2.HI/c1-24-23(25-12-10-17-8-9-22-19(14-17)11-13-27-22)26-15-20-4-2-3-5-21(20)28-16-18-6-7-18;/h2-5,8-9,14,18H,6-7,10-13,15-16H2,1H3,(H2,24,25,26);1H. The highest BCUT2D eigenvalue weighted by molar-refractivity contribution is 14.0. The van der Waals surface area contributed by atoms with Crippen LogP contribution in [-0.2, 0) is 19.4 Å². The highest BCUT2D eigenvalue weighted by atomic mass is 127. The molecule has 0 bridgehead atoms. The molecule has 6 heteroatoms. The minimum Gasteiger partial charge on any atom is -0.493 e. The molecular formula is C23H30IN3O2. The smallest absolute Gasteiger partial charge is 0.191 e. The van der Waals surface area contributed by atoms with Crippen LogP contribution in [0.1, 0.15) is 29.5 Å². The summed E-state index contributed by atoms with van der Waals surface area (Å²) in [6, 6.07) is 14.7. The molecule has 1 aliphatic carbocycles. The number of ether oxygens (including phenoxy) is 2. The van der Waals surface area contributed by atoms with Gasteiger partial charge in [-0.15, -0.1) is 24.0 Å². The van der Waals surface area contributed by atoms with Crippen LogP contribution in [0.25, 0.3) is 0 Å². The average Bonchev–Trinajstić information content (AvgIpc) is 3.44. The molecule has 0 amide bonds. The van der Waals surface area contributed by atoms with Gasteiger partial charge in [0, 0.05) is 32.1 Å². The summed E-state index contributed by atoms with van der Waals surface area (Å²) in [6.07, 6.45) is 4.57. The van der Waals surface area contributed by atoms with E-state index in [9.17, 15) is 0 Å². The predicted molar refractivity (Wildman–Crippen MR) is 128 cm³/mol. The second-order valence-electron chi connectivity index (χ2n) is 7.51. The van der Waals surface area contributed by atoms with Crippen LogP contribution >= 0.6 is 24.0 Å². The Hall–Kier alpha value is -1.96. The summed E-state index contributed by atoms with van der Waals surface area (Å²) < 4.78 is 11.6. The number of rotatable bonds is 8. The first kappa shape index (κ1) is 21.7. The van der Waals surface area contributed by atoms with Crippen molar-refractivity contribution in [2.24, 2.45) is 10.9 Å². The second-order valence-corrected chi connectivity index (χ2v) is 7.51. The Morgan fingerprint density at radius 3 is 2.86 bits per heavy atom. The van der Waals surface area contributed by atoms with Gasteiger partial charge in [-0.25, -0.2) is 0 Å². The zero-order chi connectivity index (χ0) is 19.2. The maximum absolute atomic E-state index is 5.99. The second kappa shape index (κ2) is 10.7. The van der Waals surface area contributed by atoms with Crippen molar-refractivity contribution in [2.45, 2.75) is 32.2 Å². The lowest BCUT2D eigenvalue weighted by atomic mass is 10.1. The number of nitrogens with one attached hydrogen (secondary N) is 2. The molecule has 1 saturated carbocycles.